The van der Waals surface area contributed by atoms with Gasteiger partial charge in [0.15, 0.2) is 5.11 Å². The molecule has 0 radical (unpaired) electrons. The van der Waals surface area contributed by atoms with Crippen molar-refractivity contribution in [3.05, 3.63) is 113 Å². The molecule has 34 heavy (non-hydrogen) atoms. The first-order valence-corrected chi connectivity index (χ1v) is 12.1. The summed E-state index contributed by atoms with van der Waals surface area (Å²) in [6.07, 6.45) is 6.55. The molecule has 4 heterocycles. The highest BCUT2D eigenvalue weighted by Crippen LogP contribution is 2.42. The van der Waals surface area contributed by atoms with Gasteiger partial charge in [-0.15, -0.1) is 0 Å². The minimum Gasteiger partial charge on any atom is -0.352 e. The molecular formula is C28H29N5S. The largest absolute Gasteiger partial charge is 0.352 e. The van der Waals surface area contributed by atoms with E-state index in [1.807, 2.05) is 30.6 Å². The Morgan fingerprint density at radius 1 is 1.00 bits per heavy atom. The Morgan fingerprint density at radius 2 is 1.82 bits per heavy atom. The molecule has 5 rings (SSSR count). The van der Waals surface area contributed by atoms with Crippen LogP contribution in [0.1, 0.15) is 52.8 Å². The van der Waals surface area contributed by atoms with Crippen LogP contribution in [0.3, 0.4) is 0 Å². The van der Waals surface area contributed by atoms with Gasteiger partial charge in [-0.3, -0.25) is 9.97 Å². The Hall–Kier alpha value is -3.51. The second-order valence-corrected chi connectivity index (χ2v) is 9.15. The van der Waals surface area contributed by atoms with Crippen LogP contribution in [-0.2, 0) is 13.0 Å². The average molecular weight is 468 g/mol. The van der Waals surface area contributed by atoms with E-state index in [0.717, 1.165) is 22.8 Å². The van der Waals surface area contributed by atoms with E-state index < -0.39 is 0 Å². The molecule has 1 aliphatic rings. The molecule has 1 fully saturated rings. The Bertz CT molecular complexity index is 1300. The summed E-state index contributed by atoms with van der Waals surface area (Å²) in [6.45, 7) is 7.29. The molecule has 0 amide bonds. The molecule has 172 valence electrons. The molecule has 0 unspecified atom stereocenters. The lowest BCUT2D eigenvalue weighted by atomic mass is 9.96. The van der Waals surface area contributed by atoms with E-state index in [4.69, 9.17) is 12.2 Å². The Morgan fingerprint density at radius 3 is 2.56 bits per heavy atom. The molecule has 1 aromatic carbocycles. The number of benzene rings is 1. The third-order valence-electron chi connectivity index (χ3n) is 6.68. The van der Waals surface area contributed by atoms with Crippen molar-refractivity contribution in [2.75, 3.05) is 0 Å². The SMILES string of the molecule is CCc1ccccc1-n1c(C)cc([C@H]2[C@H](c3ccccn3)NC(=S)N2Cc2cccnc2)c1C. The zero-order chi connectivity index (χ0) is 23.7. The van der Waals surface area contributed by atoms with Crippen molar-refractivity contribution in [1.29, 1.82) is 0 Å². The van der Waals surface area contributed by atoms with Crippen LogP contribution in [0.4, 0.5) is 0 Å². The first-order chi connectivity index (χ1) is 16.6. The van der Waals surface area contributed by atoms with E-state index in [2.05, 4.69) is 88.0 Å². The van der Waals surface area contributed by atoms with Crippen molar-refractivity contribution in [1.82, 2.24) is 24.8 Å². The van der Waals surface area contributed by atoms with Gasteiger partial charge in [0.25, 0.3) is 0 Å². The van der Waals surface area contributed by atoms with E-state index in [9.17, 15) is 0 Å². The lowest BCUT2D eigenvalue weighted by Gasteiger charge is -2.28. The summed E-state index contributed by atoms with van der Waals surface area (Å²) < 4.78 is 2.38. The highest BCUT2D eigenvalue weighted by Gasteiger charge is 2.41. The summed E-state index contributed by atoms with van der Waals surface area (Å²) in [5, 5.41) is 4.31. The van der Waals surface area contributed by atoms with Crippen molar-refractivity contribution in [2.24, 2.45) is 0 Å². The summed E-state index contributed by atoms with van der Waals surface area (Å²) >= 11 is 5.87. The van der Waals surface area contributed by atoms with Crippen LogP contribution in [0.25, 0.3) is 5.69 Å². The maximum Gasteiger partial charge on any atom is 0.170 e. The number of aryl methyl sites for hydroxylation is 2. The predicted molar refractivity (Wildman–Crippen MR) is 140 cm³/mol. The predicted octanol–water partition coefficient (Wildman–Crippen LogP) is 5.62. The van der Waals surface area contributed by atoms with Crippen LogP contribution in [0.5, 0.6) is 0 Å². The fraction of sp³-hybridized carbons (Fsp3) is 0.250. The summed E-state index contributed by atoms with van der Waals surface area (Å²) in [5.41, 5.74) is 8.40. The second kappa shape index (κ2) is 9.39. The molecule has 0 spiro atoms. The maximum absolute atomic E-state index is 5.87. The molecule has 0 bridgehead atoms. The number of pyridine rings is 2. The topological polar surface area (TPSA) is 46.0 Å². The molecule has 3 aromatic heterocycles. The summed E-state index contributed by atoms with van der Waals surface area (Å²) in [4.78, 5) is 11.3. The number of nitrogens with one attached hydrogen (secondary N) is 1. The summed E-state index contributed by atoms with van der Waals surface area (Å²) in [6, 6.07) is 21.1. The van der Waals surface area contributed by atoms with Gasteiger partial charge in [-0.2, -0.15) is 0 Å². The quantitative estimate of drug-likeness (QED) is 0.373. The van der Waals surface area contributed by atoms with Crippen molar-refractivity contribution in [3.63, 3.8) is 0 Å². The number of rotatable bonds is 6. The number of hydrogen-bond acceptors (Lipinski definition) is 3. The van der Waals surface area contributed by atoms with Gasteiger partial charge in [-0.25, -0.2) is 0 Å². The second-order valence-electron chi connectivity index (χ2n) is 8.76. The van der Waals surface area contributed by atoms with Crippen molar-refractivity contribution >= 4 is 17.3 Å². The van der Waals surface area contributed by atoms with Gasteiger partial charge in [-0.1, -0.05) is 37.3 Å². The molecule has 6 heteroatoms. The zero-order valence-corrected chi connectivity index (χ0v) is 20.6. The Balaban J connectivity index is 1.64. The van der Waals surface area contributed by atoms with Crippen molar-refractivity contribution < 1.29 is 0 Å². The standard InChI is InChI=1S/C28H29N5S/c1-4-22-11-5-6-13-25(22)33-19(2)16-23(20(33)3)27-26(24-12-7-8-15-30-24)31-28(34)32(27)18-21-10-9-14-29-17-21/h5-17,26-27H,4,18H2,1-3H3,(H,31,34)/t26-,27-/m0/s1. The highest BCUT2D eigenvalue weighted by molar-refractivity contribution is 7.80. The van der Waals surface area contributed by atoms with Gasteiger partial charge in [0.1, 0.15) is 0 Å². The van der Waals surface area contributed by atoms with E-state index >= 15 is 0 Å². The first kappa shape index (κ1) is 22.3. The van der Waals surface area contributed by atoms with Crippen LogP contribution in [0, 0.1) is 13.8 Å². The third-order valence-corrected chi connectivity index (χ3v) is 7.03. The summed E-state index contributed by atoms with van der Waals surface area (Å²) in [5.74, 6) is 0. The van der Waals surface area contributed by atoms with Crippen LogP contribution in [0.15, 0.2) is 79.3 Å². The summed E-state index contributed by atoms with van der Waals surface area (Å²) in [7, 11) is 0. The van der Waals surface area contributed by atoms with Gasteiger partial charge >= 0.3 is 0 Å². The fourth-order valence-corrected chi connectivity index (χ4v) is 5.39. The van der Waals surface area contributed by atoms with Crippen LogP contribution in [0.2, 0.25) is 0 Å². The Kier molecular flexibility index (Phi) is 6.16. The van der Waals surface area contributed by atoms with Gasteiger partial charge < -0.3 is 14.8 Å². The zero-order valence-electron chi connectivity index (χ0n) is 19.8. The molecule has 0 aliphatic carbocycles. The molecule has 2 atom stereocenters. The number of para-hydroxylation sites is 1. The number of nitrogens with zero attached hydrogens (tertiary/aromatic N) is 4. The molecule has 1 saturated heterocycles. The third kappa shape index (κ3) is 3.99. The lowest BCUT2D eigenvalue weighted by molar-refractivity contribution is 0.310. The number of hydrogen-bond donors (Lipinski definition) is 1. The fourth-order valence-electron chi connectivity index (χ4n) is 5.09. The smallest absolute Gasteiger partial charge is 0.170 e. The molecule has 5 nitrogen and oxygen atoms in total. The molecular weight excluding hydrogens is 438 g/mol. The maximum atomic E-state index is 5.87. The molecule has 0 saturated carbocycles. The van der Waals surface area contributed by atoms with Crippen molar-refractivity contribution in [3.8, 4) is 5.69 Å². The van der Waals surface area contributed by atoms with Crippen LogP contribution >= 0.6 is 12.2 Å². The van der Waals surface area contributed by atoms with E-state index in [1.54, 1.807) is 6.20 Å². The lowest BCUT2D eigenvalue weighted by Crippen LogP contribution is -2.29. The minimum atomic E-state index is -0.0410. The molecule has 4 aromatic rings. The van der Waals surface area contributed by atoms with E-state index in [-0.39, 0.29) is 12.1 Å². The normalized spacial score (nSPS) is 17.7. The molecule has 1 aliphatic heterocycles. The van der Waals surface area contributed by atoms with Gasteiger partial charge in [0, 0.05) is 42.2 Å². The Labute approximate surface area is 206 Å². The first-order valence-electron chi connectivity index (χ1n) is 11.7. The number of thiocarbonyl (C=S) groups is 1. The van der Waals surface area contributed by atoms with Crippen LogP contribution < -0.4 is 5.32 Å². The minimum absolute atomic E-state index is 0.0105. The average Bonchev–Trinajstić information content (AvgIpc) is 3.35. The van der Waals surface area contributed by atoms with Gasteiger partial charge in [0.2, 0.25) is 0 Å². The van der Waals surface area contributed by atoms with E-state index in [1.165, 1.54) is 28.2 Å². The van der Waals surface area contributed by atoms with Crippen LogP contribution in [-0.4, -0.2) is 24.5 Å². The van der Waals surface area contributed by atoms with Crippen molar-refractivity contribution in [2.45, 2.75) is 45.8 Å². The van der Waals surface area contributed by atoms with E-state index in [0.29, 0.717) is 6.54 Å². The van der Waals surface area contributed by atoms with Gasteiger partial charge in [0.05, 0.1) is 17.8 Å². The number of aromatic nitrogens is 3. The highest BCUT2D eigenvalue weighted by atomic mass is 32.1. The molecule has 1 N–H and O–H groups in total. The monoisotopic (exact) mass is 467 g/mol. The van der Waals surface area contributed by atoms with Gasteiger partial charge in [-0.05, 0) is 79.5 Å².